The Bertz CT molecular complexity index is 630. The second-order valence-corrected chi connectivity index (χ2v) is 10.5. The van der Waals surface area contributed by atoms with Crippen molar-refractivity contribution in [3.8, 4) is 5.75 Å². The molecular formula is C37H68O5. The molecule has 0 radical (unpaired) electrons. The lowest BCUT2D eigenvalue weighted by atomic mass is 10.1. The second kappa shape index (κ2) is 43.3. The molecule has 0 heterocycles. The van der Waals surface area contributed by atoms with Crippen molar-refractivity contribution >= 4 is 5.97 Å². The lowest BCUT2D eigenvalue weighted by Gasteiger charge is -2.05. The minimum absolute atomic E-state index is 0.125. The van der Waals surface area contributed by atoms with E-state index in [0.717, 1.165) is 25.2 Å². The molecule has 0 bridgehead atoms. The summed E-state index contributed by atoms with van der Waals surface area (Å²) in [6.07, 6.45) is 30.6. The van der Waals surface area contributed by atoms with Gasteiger partial charge in [-0.3, -0.25) is 4.79 Å². The molecule has 1 aromatic rings. The molecule has 0 atom stereocenters. The quantitative estimate of drug-likeness (QED) is 0.0776. The van der Waals surface area contributed by atoms with Gasteiger partial charge >= 0.3 is 5.97 Å². The van der Waals surface area contributed by atoms with Crippen LogP contribution in [0.3, 0.4) is 0 Å². The monoisotopic (exact) mass is 593 g/mol. The van der Waals surface area contributed by atoms with Gasteiger partial charge in [0.15, 0.2) is 0 Å². The first-order valence-corrected chi connectivity index (χ1v) is 16.9. The molecule has 42 heavy (non-hydrogen) atoms. The Morgan fingerprint density at radius 3 is 1.48 bits per heavy atom. The van der Waals surface area contributed by atoms with Crippen LogP contribution in [0.15, 0.2) is 55.6 Å². The fraction of sp³-hybridized carbons (Fsp3) is 0.703. The zero-order chi connectivity index (χ0) is 31.8. The van der Waals surface area contributed by atoms with E-state index in [9.17, 15) is 4.79 Å². The van der Waals surface area contributed by atoms with Crippen molar-refractivity contribution in [3.05, 3.63) is 55.6 Å². The molecule has 0 aliphatic carbocycles. The van der Waals surface area contributed by atoms with Gasteiger partial charge in [-0.25, -0.2) is 0 Å². The van der Waals surface area contributed by atoms with Crippen LogP contribution >= 0.6 is 0 Å². The van der Waals surface area contributed by atoms with Crippen LogP contribution in [0.25, 0.3) is 0 Å². The predicted octanol–water partition coefficient (Wildman–Crippen LogP) is 10.7. The van der Waals surface area contributed by atoms with E-state index in [1.165, 1.54) is 116 Å². The molecule has 1 rings (SSSR count). The van der Waals surface area contributed by atoms with Crippen LogP contribution in [-0.2, 0) is 4.79 Å². The van der Waals surface area contributed by atoms with Gasteiger partial charge in [-0.1, -0.05) is 134 Å². The third kappa shape index (κ3) is 44.9. The van der Waals surface area contributed by atoms with Crippen molar-refractivity contribution in [1.29, 1.82) is 0 Å². The van der Waals surface area contributed by atoms with Gasteiger partial charge in [-0.2, -0.15) is 0 Å². The average Bonchev–Trinajstić information content (AvgIpc) is 3.02. The number of ether oxygens (including phenoxy) is 1. The number of rotatable bonds is 25. The molecule has 0 aliphatic rings. The number of carboxylic acids is 1. The Labute approximate surface area is 260 Å². The van der Waals surface area contributed by atoms with Crippen LogP contribution in [-0.4, -0.2) is 41.1 Å². The highest BCUT2D eigenvalue weighted by Crippen LogP contribution is 2.11. The minimum Gasteiger partial charge on any atom is -0.494 e. The molecular weight excluding hydrogens is 524 g/mol. The molecule has 246 valence electrons. The van der Waals surface area contributed by atoms with Crippen molar-refractivity contribution in [2.75, 3.05) is 19.8 Å². The van der Waals surface area contributed by atoms with E-state index >= 15 is 0 Å². The first kappa shape index (κ1) is 44.3. The Kier molecular flexibility index (Phi) is 45.8. The summed E-state index contributed by atoms with van der Waals surface area (Å²) in [7, 11) is 0. The summed E-state index contributed by atoms with van der Waals surface area (Å²) in [5, 5.41) is 23.8. The maximum atomic E-state index is 10.3. The Morgan fingerprint density at radius 1 is 0.643 bits per heavy atom. The van der Waals surface area contributed by atoms with Gasteiger partial charge in [0.2, 0.25) is 0 Å². The summed E-state index contributed by atoms with van der Waals surface area (Å²) in [5.74, 6) is 0.330. The van der Waals surface area contributed by atoms with Crippen LogP contribution in [0.1, 0.15) is 149 Å². The number of aliphatic hydroxyl groups is 2. The van der Waals surface area contributed by atoms with Crippen LogP contribution in [0.4, 0.5) is 0 Å². The van der Waals surface area contributed by atoms with Gasteiger partial charge in [-0.05, 0) is 50.7 Å². The van der Waals surface area contributed by atoms with E-state index < -0.39 is 5.97 Å². The number of allylic oxidation sites excluding steroid dienone is 2. The molecule has 0 spiro atoms. The van der Waals surface area contributed by atoms with Gasteiger partial charge in [0.1, 0.15) is 5.75 Å². The van der Waals surface area contributed by atoms with Crippen LogP contribution in [0.2, 0.25) is 0 Å². The molecule has 0 fully saturated rings. The van der Waals surface area contributed by atoms with E-state index in [0.29, 0.717) is 6.42 Å². The number of hydrogen-bond donors (Lipinski definition) is 3. The Hall–Kier alpha value is -2.11. The molecule has 0 unspecified atom stereocenters. The molecule has 0 saturated heterocycles. The SMILES string of the molecule is C=C.CCCCCCCC/C=C\CCCCCCCC(=O)O.CCCCCCCCCOc1ccccc1.OCCO. The normalized spacial score (nSPS) is 10.1. The minimum atomic E-state index is -0.664. The smallest absolute Gasteiger partial charge is 0.303 e. The summed E-state index contributed by atoms with van der Waals surface area (Å²) in [6.45, 7) is 11.1. The number of hydrogen-bond acceptors (Lipinski definition) is 4. The van der Waals surface area contributed by atoms with E-state index in [4.69, 9.17) is 20.1 Å². The van der Waals surface area contributed by atoms with Gasteiger partial charge in [0.25, 0.3) is 0 Å². The van der Waals surface area contributed by atoms with Crippen LogP contribution in [0, 0.1) is 0 Å². The highest BCUT2D eigenvalue weighted by atomic mass is 16.5. The van der Waals surface area contributed by atoms with Gasteiger partial charge in [0, 0.05) is 6.42 Å². The predicted molar refractivity (Wildman–Crippen MR) is 182 cm³/mol. The van der Waals surface area contributed by atoms with E-state index in [2.05, 4.69) is 39.2 Å². The largest absolute Gasteiger partial charge is 0.494 e. The lowest BCUT2D eigenvalue weighted by Crippen LogP contribution is -1.96. The Balaban J connectivity index is -0.000000617. The topological polar surface area (TPSA) is 87.0 Å². The number of carboxylic acid groups (broad SMARTS) is 1. The zero-order valence-corrected chi connectivity index (χ0v) is 27.6. The maximum absolute atomic E-state index is 10.3. The number of para-hydroxylation sites is 1. The number of benzene rings is 1. The third-order valence-electron chi connectivity index (χ3n) is 6.51. The highest BCUT2D eigenvalue weighted by Gasteiger charge is 1.96. The molecule has 5 heteroatoms. The van der Waals surface area contributed by atoms with E-state index in [-0.39, 0.29) is 13.2 Å². The summed E-state index contributed by atoms with van der Waals surface area (Å²) in [5.41, 5.74) is 0. The van der Waals surface area contributed by atoms with E-state index in [1.807, 2.05) is 30.3 Å². The van der Waals surface area contributed by atoms with E-state index in [1.54, 1.807) is 0 Å². The van der Waals surface area contributed by atoms with Crippen LogP contribution in [0.5, 0.6) is 5.75 Å². The number of carbonyl (C=O) groups is 1. The molecule has 1 aromatic carbocycles. The number of aliphatic hydroxyl groups excluding tert-OH is 2. The fourth-order valence-electron chi connectivity index (χ4n) is 4.11. The summed E-state index contributed by atoms with van der Waals surface area (Å²) in [4.78, 5) is 10.3. The summed E-state index contributed by atoms with van der Waals surface area (Å²) < 4.78 is 5.63. The number of unbranched alkanes of at least 4 members (excludes halogenated alkanes) is 17. The van der Waals surface area contributed by atoms with Gasteiger partial charge in [-0.15, -0.1) is 13.2 Å². The van der Waals surface area contributed by atoms with Crippen molar-refractivity contribution in [1.82, 2.24) is 0 Å². The second-order valence-electron chi connectivity index (χ2n) is 10.5. The standard InChI is InChI=1S/C18H34O2.C15H24O.C2H6O2.C2H4/c1-2-3-4-5-6-7-8-9-10-11-12-13-14-15-16-17-18(19)20;1-2-3-4-5-6-7-11-14-16-15-12-9-8-10-13-15;3-1-2-4;1-2/h9-10H,2-8,11-17H2,1H3,(H,19,20);8-10,12-13H,2-7,11,14H2,1H3;3-4H,1-2H2;1-2H2/b10-9-;;;. The molecule has 3 N–H and O–H groups in total. The van der Waals surface area contributed by atoms with Gasteiger partial charge < -0.3 is 20.1 Å². The lowest BCUT2D eigenvalue weighted by molar-refractivity contribution is -0.137. The molecule has 5 nitrogen and oxygen atoms in total. The van der Waals surface area contributed by atoms with Crippen molar-refractivity contribution in [2.45, 2.75) is 149 Å². The van der Waals surface area contributed by atoms with Crippen molar-refractivity contribution in [3.63, 3.8) is 0 Å². The summed E-state index contributed by atoms with van der Waals surface area (Å²) >= 11 is 0. The Morgan fingerprint density at radius 2 is 1.05 bits per heavy atom. The first-order chi connectivity index (χ1) is 20.6. The zero-order valence-electron chi connectivity index (χ0n) is 27.6. The highest BCUT2D eigenvalue weighted by molar-refractivity contribution is 5.66. The van der Waals surface area contributed by atoms with Crippen molar-refractivity contribution in [2.24, 2.45) is 0 Å². The molecule has 0 saturated carbocycles. The van der Waals surface area contributed by atoms with Crippen molar-refractivity contribution < 1.29 is 24.9 Å². The number of aliphatic carboxylic acids is 1. The van der Waals surface area contributed by atoms with Crippen LogP contribution < -0.4 is 4.74 Å². The average molecular weight is 593 g/mol. The molecule has 0 amide bonds. The van der Waals surface area contributed by atoms with Gasteiger partial charge in [0.05, 0.1) is 19.8 Å². The maximum Gasteiger partial charge on any atom is 0.303 e. The fourth-order valence-corrected chi connectivity index (χ4v) is 4.11. The molecule has 0 aromatic heterocycles. The molecule has 0 aliphatic heterocycles. The third-order valence-corrected chi connectivity index (χ3v) is 6.51. The summed E-state index contributed by atoms with van der Waals surface area (Å²) in [6, 6.07) is 10.1. The first-order valence-electron chi connectivity index (χ1n) is 16.9.